The predicted molar refractivity (Wildman–Crippen MR) is 308 cm³/mol. The lowest BCUT2D eigenvalue weighted by Gasteiger charge is -2.33. The Morgan fingerprint density at radius 2 is 0.458 bits per heavy atom. The fraction of sp³-hybridized carbons (Fsp3) is 1.00. The Hall–Kier alpha value is -0.600. The van der Waals surface area contributed by atoms with Gasteiger partial charge in [-0.3, -0.25) is 9.80 Å². The molecule has 0 aliphatic carbocycles. The van der Waals surface area contributed by atoms with Crippen molar-refractivity contribution in [2.24, 2.45) is 0 Å². The summed E-state index contributed by atoms with van der Waals surface area (Å²) >= 11 is 0. The van der Waals surface area contributed by atoms with Crippen LogP contribution in [0.4, 0.5) is 0 Å². The van der Waals surface area contributed by atoms with E-state index in [-0.39, 0.29) is 0 Å². The molecule has 0 aromatic carbocycles. The molecule has 9 aliphatic heterocycles. The number of hydrogen-bond acceptors (Lipinski definition) is 15. The van der Waals surface area contributed by atoms with Crippen LogP contribution in [0.1, 0.15) is 112 Å². The maximum absolute atomic E-state index is 5.20. The van der Waals surface area contributed by atoms with E-state index in [0.29, 0.717) is 0 Å². The molecule has 9 heterocycles. The summed E-state index contributed by atoms with van der Waals surface area (Å²) in [5, 5.41) is 0. The van der Waals surface area contributed by atoms with Crippen molar-refractivity contribution in [2.45, 2.75) is 112 Å². The van der Waals surface area contributed by atoms with Crippen molar-refractivity contribution in [2.75, 3.05) is 264 Å². The summed E-state index contributed by atoms with van der Waals surface area (Å²) < 4.78 is 25.4. The minimum Gasteiger partial charge on any atom is -0.379 e. The number of piperazine rings is 2. The molecule has 0 bridgehead atoms. The molecule has 9 rings (SSSR count). The summed E-state index contributed by atoms with van der Waals surface area (Å²) in [4.78, 5) is 24.3. The summed E-state index contributed by atoms with van der Waals surface area (Å²) in [7, 11) is 8.65. The summed E-state index contributed by atoms with van der Waals surface area (Å²) in [6.45, 7) is 54.2. The number of rotatable bonds is 8. The van der Waals surface area contributed by atoms with Crippen LogP contribution in [0, 0.1) is 0 Å². The number of hydrogen-bond donors (Lipinski definition) is 0. The Labute approximate surface area is 447 Å². The highest BCUT2D eigenvalue weighted by Gasteiger charge is 2.13. The van der Waals surface area contributed by atoms with Crippen molar-refractivity contribution in [1.82, 2.24) is 49.0 Å². The first-order valence-corrected chi connectivity index (χ1v) is 30.1. The number of piperidine rings is 3. The fourth-order valence-corrected chi connectivity index (χ4v) is 9.31. The first kappa shape index (κ1) is 69.4. The molecular weight excluding hydrogens is 905 g/mol. The Morgan fingerprint density at radius 1 is 0.222 bits per heavy atom. The zero-order chi connectivity index (χ0) is 52.5. The monoisotopic (exact) mass is 1030 g/mol. The smallest absolute Gasteiger partial charge is 0.0701 e. The van der Waals surface area contributed by atoms with E-state index in [4.69, 9.17) is 23.7 Å². The summed E-state index contributed by atoms with van der Waals surface area (Å²) in [5.41, 5.74) is 0. The Bertz CT molecular complexity index is 961. The number of likely N-dealkylation sites (N-methyl/N-ethyl adjacent to an activating group) is 6. The van der Waals surface area contributed by atoms with Gasteiger partial charge in [-0.25, -0.2) is 0 Å². The molecule has 0 aromatic heterocycles. The SMILES string of the molecule is C1COCCO1.CCCN1CCCCC1.CCCN1CCOCC1.CCN1CCCCC1.CCN1CCN(CC)CC1.CCN1CCOCC1.CN1CCCCC1.CN1CCN(C)CC1.CN1CCOCC1. The van der Waals surface area contributed by atoms with Crippen LogP contribution in [0.25, 0.3) is 0 Å². The molecule has 9 aliphatic rings. The Morgan fingerprint density at radius 3 is 0.708 bits per heavy atom. The minimum absolute atomic E-state index is 0.778. The predicted octanol–water partition coefficient (Wildman–Crippen LogP) is 6.03. The van der Waals surface area contributed by atoms with Crippen molar-refractivity contribution < 1.29 is 23.7 Å². The lowest BCUT2D eigenvalue weighted by Crippen LogP contribution is -2.45. The number of nitrogens with zero attached hydrogens (tertiary/aromatic N) is 10. The maximum Gasteiger partial charge on any atom is 0.0701 e. The maximum atomic E-state index is 5.20. The second-order valence-corrected chi connectivity index (χ2v) is 20.9. The Balaban J connectivity index is 0.000000406. The van der Waals surface area contributed by atoms with Crippen LogP contribution >= 0.6 is 0 Å². The van der Waals surface area contributed by atoms with Gasteiger partial charge in [-0.1, -0.05) is 60.8 Å². The van der Waals surface area contributed by atoms with Crippen molar-refractivity contribution in [3.05, 3.63) is 0 Å². The van der Waals surface area contributed by atoms with Gasteiger partial charge < -0.3 is 62.9 Å². The normalized spacial score (nSPS) is 23.9. The first-order chi connectivity index (χ1) is 35.2. The van der Waals surface area contributed by atoms with Gasteiger partial charge in [0.15, 0.2) is 0 Å². The van der Waals surface area contributed by atoms with Crippen molar-refractivity contribution >= 4 is 0 Å². The number of ether oxygens (including phenoxy) is 5. The van der Waals surface area contributed by atoms with E-state index in [0.717, 1.165) is 105 Å². The molecule has 0 amide bonds. The molecular formula is C57H124N10O5. The molecule has 15 nitrogen and oxygen atoms in total. The summed E-state index contributed by atoms with van der Waals surface area (Å²) in [5.74, 6) is 0. The van der Waals surface area contributed by atoms with E-state index in [1.807, 2.05) is 0 Å². The average molecular weight is 1030 g/mol. The number of likely N-dealkylation sites (tertiary alicyclic amines) is 3. The quantitative estimate of drug-likeness (QED) is 0.284. The molecule has 0 aromatic rings. The molecule has 0 saturated carbocycles. The molecule has 0 atom stereocenters. The molecule has 0 unspecified atom stereocenters. The van der Waals surface area contributed by atoms with Crippen LogP contribution < -0.4 is 0 Å². The van der Waals surface area contributed by atoms with Gasteiger partial charge in [0, 0.05) is 91.6 Å². The van der Waals surface area contributed by atoms with Crippen molar-refractivity contribution in [3.63, 3.8) is 0 Å². The van der Waals surface area contributed by atoms with Crippen LogP contribution in [0.5, 0.6) is 0 Å². The largest absolute Gasteiger partial charge is 0.379 e. The lowest BCUT2D eigenvalue weighted by atomic mass is 10.1. The third-order valence-electron chi connectivity index (χ3n) is 14.7. The van der Waals surface area contributed by atoms with Crippen LogP contribution in [0.3, 0.4) is 0 Å². The molecule has 0 spiro atoms. The van der Waals surface area contributed by atoms with E-state index >= 15 is 0 Å². The highest BCUT2D eigenvalue weighted by Crippen LogP contribution is 2.09. The van der Waals surface area contributed by atoms with E-state index in [2.05, 4.69) is 119 Å². The molecule has 72 heavy (non-hydrogen) atoms. The topological polar surface area (TPSA) is 78.6 Å². The molecule has 432 valence electrons. The second-order valence-electron chi connectivity index (χ2n) is 20.9. The van der Waals surface area contributed by atoms with E-state index in [1.54, 1.807) is 0 Å². The van der Waals surface area contributed by atoms with Crippen molar-refractivity contribution in [3.8, 4) is 0 Å². The molecule has 0 radical (unpaired) electrons. The first-order valence-electron chi connectivity index (χ1n) is 30.1. The van der Waals surface area contributed by atoms with Crippen molar-refractivity contribution in [1.29, 1.82) is 0 Å². The highest BCUT2D eigenvalue weighted by atomic mass is 16.6. The van der Waals surface area contributed by atoms with Crippen LogP contribution in [-0.2, 0) is 23.7 Å². The van der Waals surface area contributed by atoms with E-state index in [9.17, 15) is 0 Å². The van der Waals surface area contributed by atoms with E-state index < -0.39 is 0 Å². The van der Waals surface area contributed by atoms with Crippen LogP contribution in [0.2, 0.25) is 0 Å². The average Bonchev–Trinajstić information content (AvgIpc) is 3.45. The summed E-state index contributed by atoms with van der Waals surface area (Å²) in [6, 6.07) is 0. The third-order valence-corrected chi connectivity index (χ3v) is 14.7. The molecule has 9 saturated heterocycles. The molecule has 0 N–H and O–H groups in total. The van der Waals surface area contributed by atoms with Gasteiger partial charge in [-0.15, -0.1) is 0 Å². The fourth-order valence-electron chi connectivity index (χ4n) is 9.31. The third kappa shape index (κ3) is 42.5. The molecule has 15 heteroatoms. The van der Waals surface area contributed by atoms with Gasteiger partial charge in [0.25, 0.3) is 0 Å². The van der Waals surface area contributed by atoms with Gasteiger partial charge in [-0.05, 0) is 158 Å². The Kier molecular flexibility index (Phi) is 49.3. The van der Waals surface area contributed by atoms with Gasteiger partial charge in [-0.2, -0.15) is 0 Å². The standard InChI is InChI=1S/C8H18N2.C8H17N.C7H15NO.C7H15N.C6H14N2.C6H13NO.C6H13N.C5H11NO.C4H8O2/c1-3-9-5-7-10(4-2)8-6-9;1-2-6-9-7-4-3-5-8-9;1-2-3-8-4-6-9-7-5-8;1-2-8-6-4-3-5-7-8;1-7-3-5-8(2)6-4-7;1-2-7-3-5-8-6-4-7;1-7-5-3-2-4-6-7;1-6-2-4-7-5-3-6;1-2-6-4-3-5-1/h3-8H2,1-2H3;2-8H2,1H3;2-7H2,1H3;2-7H2,1H3;3-6H2,1-2H3;2-6H2,1H3;2-6H2,1H3;2-5H2,1H3;1-4H2. The van der Waals surface area contributed by atoms with Gasteiger partial charge in [0.1, 0.15) is 0 Å². The molecule has 9 fully saturated rings. The van der Waals surface area contributed by atoms with Gasteiger partial charge in [0.2, 0.25) is 0 Å². The minimum atomic E-state index is 0.778. The zero-order valence-corrected chi connectivity index (χ0v) is 49.7. The second kappa shape index (κ2) is 51.2. The van der Waals surface area contributed by atoms with Crippen LogP contribution in [0.15, 0.2) is 0 Å². The van der Waals surface area contributed by atoms with Gasteiger partial charge >= 0.3 is 0 Å². The highest BCUT2D eigenvalue weighted by molar-refractivity contribution is 4.70. The lowest BCUT2D eigenvalue weighted by molar-refractivity contribution is -0.0334. The summed E-state index contributed by atoms with van der Waals surface area (Å²) in [6.07, 6.45) is 15.5. The van der Waals surface area contributed by atoms with Crippen LogP contribution in [-0.4, -0.2) is 313 Å². The number of morpholine rings is 3. The van der Waals surface area contributed by atoms with Gasteiger partial charge in [0.05, 0.1) is 66.1 Å². The van der Waals surface area contributed by atoms with E-state index in [1.165, 1.54) is 202 Å². The zero-order valence-electron chi connectivity index (χ0n) is 49.7.